The van der Waals surface area contributed by atoms with Crippen LogP contribution < -0.4 is 0 Å². The smallest absolute Gasteiger partial charge is 0.360 e. The lowest BCUT2D eigenvalue weighted by atomic mass is 10.3. The number of esters is 1. The normalized spacial score (nSPS) is 10.4. The monoisotopic (exact) mass is 420 g/mol. The predicted octanol–water partition coefficient (Wildman–Crippen LogP) is 3.42. The molecule has 2 aromatic rings. The molecule has 0 unspecified atom stereocenters. The fraction of sp³-hybridized carbons (Fsp3) is 0.167. The third-order valence-corrected chi connectivity index (χ3v) is 4.73. The molecule has 94 valence electrons. The Hall–Kier alpha value is -0.890. The van der Waals surface area contributed by atoms with Gasteiger partial charge in [0, 0.05) is 0 Å². The van der Waals surface area contributed by atoms with Crippen molar-refractivity contribution >= 4 is 44.5 Å². The van der Waals surface area contributed by atoms with Gasteiger partial charge in [-0.25, -0.2) is 9.48 Å². The predicted molar refractivity (Wildman–Crippen MR) is 79.9 cm³/mol. The Kier molecular flexibility index (Phi) is 4.39. The summed E-state index contributed by atoms with van der Waals surface area (Å²) in [5.41, 5.74) is 1.20. The summed E-state index contributed by atoms with van der Waals surface area (Å²) in [5, 5.41) is 4.29. The fourth-order valence-electron chi connectivity index (χ4n) is 1.45. The minimum atomic E-state index is -0.419. The van der Waals surface area contributed by atoms with Gasteiger partial charge in [0.05, 0.1) is 16.8 Å². The standard InChI is InChI=1S/C12H10BrIN2O2/c1-2-18-12(17)10-9(13)11(14)16(15-10)8-6-4-3-5-7-8/h3-7H,2H2,1H3. The second-order valence-electron chi connectivity index (χ2n) is 3.42. The van der Waals surface area contributed by atoms with Crippen molar-refractivity contribution in [2.24, 2.45) is 0 Å². The van der Waals surface area contributed by atoms with Crippen LogP contribution in [-0.4, -0.2) is 22.4 Å². The van der Waals surface area contributed by atoms with Crippen LogP contribution in [0.25, 0.3) is 5.69 Å². The molecule has 0 fully saturated rings. The van der Waals surface area contributed by atoms with Crippen molar-refractivity contribution in [1.82, 2.24) is 9.78 Å². The maximum absolute atomic E-state index is 11.7. The molecular weight excluding hydrogens is 411 g/mol. The summed E-state index contributed by atoms with van der Waals surface area (Å²) < 4.78 is 8.16. The quantitative estimate of drug-likeness (QED) is 0.564. The molecule has 0 N–H and O–H groups in total. The molecule has 0 saturated carbocycles. The third kappa shape index (κ3) is 2.59. The van der Waals surface area contributed by atoms with Crippen LogP contribution in [0.1, 0.15) is 17.4 Å². The lowest BCUT2D eigenvalue weighted by Crippen LogP contribution is -2.07. The Morgan fingerprint density at radius 2 is 2.11 bits per heavy atom. The molecule has 0 saturated heterocycles. The second-order valence-corrected chi connectivity index (χ2v) is 5.24. The van der Waals surface area contributed by atoms with Crippen LogP contribution in [-0.2, 0) is 4.74 Å². The molecule has 0 radical (unpaired) electrons. The summed E-state index contributed by atoms with van der Waals surface area (Å²) in [6, 6.07) is 9.63. The van der Waals surface area contributed by atoms with Crippen molar-refractivity contribution in [3.8, 4) is 5.69 Å². The molecule has 1 aromatic carbocycles. The van der Waals surface area contributed by atoms with Gasteiger partial charge in [0.2, 0.25) is 0 Å². The van der Waals surface area contributed by atoms with Crippen molar-refractivity contribution in [2.45, 2.75) is 6.92 Å². The van der Waals surface area contributed by atoms with Crippen molar-refractivity contribution in [3.05, 3.63) is 44.2 Å². The molecular formula is C12H10BrIN2O2. The summed E-state index contributed by atoms with van der Waals surface area (Å²) in [7, 11) is 0. The molecule has 0 aliphatic carbocycles. The number of carbonyl (C=O) groups excluding carboxylic acids is 1. The molecule has 0 aliphatic heterocycles. The molecule has 18 heavy (non-hydrogen) atoms. The van der Waals surface area contributed by atoms with E-state index in [2.05, 4.69) is 43.6 Å². The highest BCUT2D eigenvalue weighted by Gasteiger charge is 2.21. The first-order valence-electron chi connectivity index (χ1n) is 5.31. The minimum Gasteiger partial charge on any atom is -0.461 e. The van der Waals surface area contributed by atoms with E-state index in [0.29, 0.717) is 16.8 Å². The first kappa shape index (κ1) is 13.5. The van der Waals surface area contributed by atoms with Gasteiger partial charge in [0.25, 0.3) is 0 Å². The number of hydrogen-bond acceptors (Lipinski definition) is 3. The number of halogens is 2. The highest BCUT2D eigenvalue weighted by molar-refractivity contribution is 14.1. The van der Waals surface area contributed by atoms with Crippen LogP contribution in [0.2, 0.25) is 0 Å². The maximum Gasteiger partial charge on any atom is 0.360 e. The number of ether oxygens (including phenoxy) is 1. The van der Waals surface area contributed by atoms with Gasteiger partial charge in [-0.1, -0.05) is 18.2 Å². The molecule has 0 aliphatic rings. The summed E-state index contributed by atoms with van der Waals surface area (Å²) in [6.45, 7) is 2.10. The van der Waals surface area contributed by atoms with E-state index >= 15 is 0 Å². The molecule has 1 aromatic heterocycles. The fourth-order valence-corrected chi connectivity index (χ4v) is 2.50. The Balaban J connectivity index is 2.46. The maximum atomic E-state index is 11.7. The molecule has 0 atom stereocenters. The SMILES string of the molecule is CCOC(=O)c1nn(-c2ccccc2)c(I)c1Br. The van der Waals surface area contributed by atoms with Gasteiger partial charge in [0.1, 0.15) is 3.70 Å². The number of nitrogens with zero attached hydrogens (tertiary/aromatic N) is 2. The van der Waals surface area contributed by atoms with E-state index in [0.717, 1.165) is 9.39 Å². The van der Waals surface area contributed by atoms with Crippen molar-refractivity contribution < 1.29 is 9.53 Å². The lowest BCUT2D eigenvalue weighted by Gasteiger charge is -2.01. The second kappa shape index (κ2) is 5.83. The van der Waals surface area contributed by atoms with Gasteiger partial charge in [-0.15, -0.1) is 0 Å². The number of para-hydroxylation sites is 1. The van der Waals surface area contributed by atoms with Gasteiger partial charge < -0.3 is 4.74 Å². The van der Waals surface area contributed by atoms with E-state index < -0.39 is 5.97 Å². The zero-order valence-electron chi connectivity index (χ0n) is 9.56. The first-order valence-corrected chi connectivity index (χ1v) is 7.19. The summed E-state index contributed by atoms with van der Waals surface area (Å²) in [4.78, 5) is 11.7. The number of rotatable bonds is 3. The molecule has 6 heteroatoms. The Bertz CT molecular complexity index is 569. The zero-order valence-corrected chi connectivity index (χ0v) is 13.3. The first-order chi connectivity index (χ1) is 8.65. The minimum absolute atomic E-state index is 0.296. The number of benzene rings is 1. The molecule has 4 nitrogen and oxygen atoms in total. The van der Waals surface area contributed by atoms with Crippen LogP contribution in [0.3, 0.4) is 0 Å². The molecule has 0 spiro atoms. The largest absolute Gasteiger partial charge is 0.461 e. The molecule has 1 heterocycles. The summed E-state index contributed by atoms with van der Waals surface area (Å²) >= 11 is 5.51. The number of carbonyl (C=O) groups is 1. The number of aromatic nitrogens is 2. The Morgan fingerprint density at radius 1 is 1.44 bits per heavy atom. The summed E-state index contributed by atoms with van der Waals surface area (Å²) in [5.74, 6) is -0.419. The van der Waals surface area contributed by atoms with Gasteiger partial charge in [-0.3, -0.25) is 0 Å². The van der Waals surface area contributed by atoms with Crippen LogP contribution in [0.5, 0.6) is 0 Å². The van der Waals surface area contributed by atoms with Crippen molar-refractivity contribution in [1.29, 1.82) is 0 Å². The molecule has 0 bridgehead atoms. The van der Waals surface area contributed by atoms with Gasteiger partial charge in [-0.2, -0.15) is 5.10 Å². The van der Waals surface area contributed by atoms with Gasteiger partial charge in [-0.05, 0) is 57.6 Å². The van der Waals surface area contributed by atoms with E-state index in [1.165, 1.54) is 0 Å². The highest BCUT2D eigenvalue weighted by atomic mass is 127. The lowest BCUT2D eigenvalue weighted by molar-refractivity contribution is 0.0518. The average molecular weight is 421 g/mol. The molecule has 0 amide bonds. The van der Waals surface area contributed by atoms with Crippen molar-refractivity contribution in [2.75, 3.05) is 6.61 Å². The third-order valence-electron chi connectivity index (χ3n) is 2.24. The molecule has 2 rings (SSSR count). The van der Waals surface area contributed by atoms with Crippen LogP contribution in [0, 0.1) is 3.70 Å². The van der Waals surface area contributed by atoms with Gasteiger partial charge >= 0.3 is 5.97 Å². The Labute approximate surface area is 127 Å². The highest BCUT2D eigenvalue weighted by Crippen LogP contribution is 2.26. The van der Waals surface area contributed by atoms with Crippen molar-refractivity contribution in [3.63, 3.8) is 0 Å². The van der Waals surface area contributed by atoms with Crippen LogP contribution in [0.4, 0.5) is 0 Å². The average Bonchev–Trinajstić information content (AvgIpc) is 2.68. The van der Waals surface area contributed by atoms with E-state index in [-0.39, 0.29) is 0 Å². The topological polar surface area (TPSA) is 44.1 Å². The van der Waals surface area contributed by atoms with E-state index in [1.807, 2.05) is 30.3 Å². The van der Waals surface area contributed by atoms with E-state index in [4.69, 9.17) is 4.74 Å². The summed E-state index contributed by atoms with van der Waals surface area (Å²) in [6.07, 6.45) is 0. The van der Waals surface area contributed by atoms with E-state index in [1.54, 1.807) is 11.6 Å². The Morgan fingerprint density at radius 3 is 2.72 bits per heavy atom. The van der Waals surface area contributed by atoms with Gasteiger partial charge in [0.15, 0.2) is 5.69 Å². The van der Waals surface area contributed by atoms with Crippen LogP contribution >= 0.6 is 38.5 Å². The van der Waals surface area contributed by atoms with Crippen LogP contribution in [0.15, 0.2) is 34.8 Å². The van der Waals surface area contributed by atoms with E-state index in [9.17, 15) is 4.79 Å². The number of hydrogen-bond donors (Lipinski definition) is 0. The zero-order chi connectivity index (χ0) is 13.1.